The van der Waals surface area contributed by atoms with Gasteiger partial charge in [-0.2, -0.15) is 0 Å². The lowest BCUT2D eigenvalue weighted by molar-refractivity contribution is -0.132. The van der Waals surface area contributed by atoms with Crippen LogP contribution in [-0.4, -0.2) is 47.9 Å². The highest BCUT2D eigenvalue weighted by molar-refractivity contribution is 9.11. The molecular weight excluding hydrogens is 452 g/mol. The first kappa shape index (κ1) is 19.7. The molecule has 4 aliphatic rings. The number of carbonyl (C=O) groups excluding carboxylic acids is 2. The topological polar surface area (TPSA) is 74.3 Å². The van der Waals surface area contributed by atoms with Gasteiger partial charge in [-0.25, -0.2) is 4.98 Å². The van der Waals surface area contributed by atoms with E-state index in [1.807, 2.05) is 0 Å². The quantitative estimate of drug-likeness (QED) is 0.465. The molecule has 2 heterocycles. The van der Waals surface area contributed by atoms with E-state index in [0.717, 1.165) is 29.6 Å². The zero-order valence-electron chi connectivity index (χ0n) is 16.4. The monoisotopic (exact) mass is 478 g/mol. The maximum Gasteiger partial charge on any atom is 0.230 e. The van der Waals surface area contributed by atoms with E-state index >= 15 is 0 Å². The third kappa shape index (κ3) is 3.57. The Morgan fingerprint density at radius 1 is 1.17 bits per heavy atom. The maximum absolute atomic E-state index is 13.2. The number of aromatic nitrogens is 1. The minimum absolute atomic E-state index is 0.0509. The van der Waals surface area contributed by atoms with Gasteiger partial charge in [0.1, 0.15) is 0 Å². The zero-order chi connectivity index (χ0) is 20.0. The number of amides is 2. The third-order valence-electron chi connectivity index (χ3n) is 7.30. The van der Waals surface area contributed by atoms with Crippen molar-refractivity contribution in [1.29, 1.82) is 0 Å². The number of carbonyl (C=O) groups is 2. The van der Waals surface area contributed by atoms with Gasteiger partial charge in [0.2, 0.25) is 11.8 Å². The molecule has 6 nitrogen and oxygen atoms in total. The highest BCUT2D eigenvalue weighted by atomic mass is 79.9. The standard InChI is InChI=1S/C21H27BrN4O2S/c22-15-12-24-20(29-15)25-19(28)17-14-5-4-13(21(14)6-7-21)16(17)18(27)23-8-3-11-26-9-1-2-10-26/h4-5,12-14,16-17H,1-3,6-11H2,(H,23,27)(H,24,25,28)/t13-,14+,16-,17-/m1/s1. The van der Waals surface area contributed by atoms with Crippen molar-refractivity contribution in [2.24, 2.45) is 29.1 Å². The average Bonchev–Trinajstić information content (AvgIpc) is 3.01. The summed E-state index contributed by atoms with van der Waals surface area (Å²) in [7, 11) is 0. The van der Waals surface area contributed by atoms with Crippen LogP contribution in [0.2, 0.25) is 0 Å². The van der Waals surface area contributed by atoms with E-state index in [1.165, 1.54) is 37.3 Å². The second kappa shape index (κ2) is 7.78. The normalized spacial score (nSPS) is 31.5. The van der Waals surface area contributed by atoms with Gasteiger partial charge >= 0.3 is 0 Å². The molecule has 1 saturated heterocycles. The molecule has 1 spiro atoms. The summed E-state index contributed by atoms with van der Waals surface area (Å²) in [6.45, 7) is 4.10. The van der Waals surface area contributed by atoms with Crippen molar-refractivity contribution in [2.75, 3.05) is 31.5 Å². The summed E-state index contributed by atoms with van der Waals surface area (Å²) in [4.78, 5) is 33.0. The number of hydrogen-bond donors (Lipinski definition) is 2. The van der Waals surface area contributed by atoms with Crippen molar-refractivity contribution >= 4 is 44.2 Å². The fourth-order valence-corrected chi connectivity index (χ4v) is 6.96. The van der Waals surface area contributed by atoms with E-state index in [9.17, 15) is 9.59 Å². The van der Waals surface area contributed by atoms with E-state index < -0.39 is 0 Å². The number of likely N-dealkylation sites (tertiary alicyclic amines) is 1. The maximum atomic E-state index is 13.2. The van der Waals surface area contributed by atoms with Crippen LogP contribution in [0, 0.1) is 29.1 Å². The number of rotatable bonds is 7. The molecule has 3 fully saturated rings. The van der Waals surface area contributed by atoms with Crippen LogP contribution in [0.5, 0.6) is 0 Å². The molecule has 29 heavy (non-hydrogen) atoms. The lowest BCUT2D eigenvalue weighted by Crippen LogP contribution is -2.42. The molecule has 0 aromatic carbocycles. The van der Waals surface area contributed by atoms with Gasteiger partial charge in [0, 0.05) is 6.54 Å². The molecule has 5 rings (SSSR count). The van der Waals surface area contributed by atoms with Gasteiger partial charge in [0.05, 0.1) is 21.8 Å². The van der Waals surface area contributed by atoms with Gasteiger partial charge in [-0.05, 0) is 84.9 Å². The summed E-state index contributed by atoms with van der Waals surface area (Å²) in [6, 6.07) is 0. The average molecular weight is 479 g/mol. The molecule has 2 saturated carbocycles. The van der Waals surface area contributed by atoms with Gasteiger partial charge in [-0.1, -0.05) is 23.5 Å². The van der Waals surface area contributed by atoms with Crippen LogP contribution in [0.15, 0.2) is 22.1 Å². The first-order valence-corrected chi connectivity index (χ1v) is 12.3. The number of nitrogens with zero attached hydrogens (tertiary/aromatic N) is 2. The minimum atomic E-state index is -0.297. The molecule has 156 valence electrons. The van der Waals surface area contributed by atoms with Crippen LogP contribution >= 0.6 is 27.3 Å². The molecule has 8 heteroatoms. The van der Waals surface area contributed by atoms with Gasteiger partial charge in [0.25, 0.3) is 0 Å². The Labute approximate surface area is 183 Å². The van der Waals surface area contributed by atoms with E-state index in [2.05, 4.69) is 48.6 Å². The highest BCUT2D eigenvalue weighted by Crippen LogP contribution is 2.72. The van der Waals surface area contributed by atoms with E-state index in [0.29, 0.717) is 11.7 Å². The Morgan fingerprint density at radius 2 is 1.86 bits per heavy atom. The second-order valence-corrected chi connectivity index (χ2v) is 11.3. The molecule has 1 aromatic rings. The Bertz CT molecular complexity index is 830. The van der Waals surface area contributed by atoms with Crippen LogP contribution in [-0.2, 0) is 9.59 Å². The summed E-state index contributed by atoms with van der Waals surface area (Å²) in [5, 5.41) is 6.70. The smallest absolute Gasteiger partial charge is 0.230 e. The van der Waals surface area contributed by atoms with Crippen molar-refractivity contribution in [1.82, 2.24) is 15.2 Å². The molecule has 0 radical (unpaired) electrons. The number of thiazole rings is 1. The largest absolute Gasteiger partial charge is 0.356 e. The predicted octanol–water partition coefficient (Wildman–Crippen LogP) is 3.27. The molecule has 2 amide bonds. The fraction of sp³-hybridized carbons (Fsp3) is 0.667. The number of hydrogen-bond acceptors (Lipinski definition) is 5. The molecule has 1 aliphatic heterocycles. The van der Waals surface area contributed by atoms with E-state index in [1.54, 1.807) is 6.20 Å². The summed E-state index contributed by atoms with van der Waals surface area (Å²) >= 11 is 4.79. The number of allylic oxidation sites excluding steroid dienone is 2. The Hall–Kier alpha value is -1.25. The summed E-state index contributed by atoms with van der Waals surface area (Å²) in [5.41, 5.74) is 0.156. The second-order valence-electron chi connectivity index (χ2n) is 8.87. The van der Waals surface area contributed by atoms with Crippen molar-refractivity contribution in [2.45, 2.75) is 32.1 Å². The van der Waals surface area contributed by atoms with Crippen molar-refractivity contribution in [3.63, 3.8) is 0 Å². The SMILES string of the molecule is O=C(NCCCN1CCCC1)[C@H]1[C@H](C(=O)Nc2ncc(Br)s2)[C@@H]2C=C[C@H]1C21CC1. The van der Waals surface area contributed by atoms with Gasteiger partial charge in [-0.3, -0.25) is 9.59 Å². The molecular formula is C21H27BrN4O2S. The van der Waals surface area contributed by atoms with Gasteiger partial charge in [0.15, 0.2) is 5.13 Å². The molecule has 2 N–H and O–H groups in total. The predicted molar refractivity (Wildman–Crippen MR) is 117 cm³/mol. The summed E-state index contributed by atoms with van der Waals surface area (Å²) < 4.78 is 0.881. The van der Waals surface area contributed by atoms with Gasteiger partial charge < -0.3 is 15.5 Å². The van der Waals surface area contributed by atoms with E-state index in [-0.39, 0.29) is 40.9 Å². The van der Waals surface area contributed by atoms with Crippen molar-refractivity contribution in [3.05, 3.63) is 22.1 Å². The van der Waals surface area contributed by atoms with Crippen LogP contribution < -0.4 is 10.6 Å². The molecule has 1 aromatic heterocycles. The Kier molecular flexibility index (Phi) is 5.28. The molecule has 0 unspecified atom stereocenters. The fourth-order valence-electron chi connectivity index (χ4n) is 5.85. The highest BCUT2D eigenvalue weighted by Gasteiger charge is 2.69. The van der Waals surface area contributed by atoms with Crippen molar-refractivity contribution < 1.29 is 9.59 Å². The number of anilines is 1. The zero-order valence-corrected chi connectivity index (χ0v) is 18.8. The molecule has 3 aliphatic carbocycles. The summed E-state index contributed by atoms with van der Waals surface area (Å²) in [5.74, 6) is -0.195. The Morgan fingerprint density at radius 3 is 2.48 bits per heavy atom. The molecule has 2 bridgehead atoms. The van der Waals surface area contributed by atoms with Crippen LogP contribution in [0.25, 0.3) is 0 Å². The van der Waals surface area contributed by atoms with Crippen molar-refractivity contribution in [3.8, 4) is 0 Å². The number of halogens is 1. The minimum Gasteiger partial charge on any atom is -0.356 e. The Balaban J connectivity index is 1.24. The van der Waals surface area contributed by atoms with E-state index in [4.69, 9.17) is 0 Å². The van der Waals surface area contributed by atoms with Crippen LogP contribution in [0.1, 0.15) is 32.1 Å². The molecule has 4 atom stereocenters. The first-order valence-electron chi connectivity index (χ1n) is 10.7. The lowest BCUT2D eigenvalue weighted by Gasteiger charge is -2.26. The number of nitrogens with one attached hydrogen (secondary N) is 2. The first-order chi connectivity index (χ1) is 14.1. The van der Waals surface area contributed by atoms with Crippen LogP contribution in [0.4, 0.5) is 5.13 Å². The summed E-state index contributed by atoms with van der Waals surface area (Å²) in [6.07, 6.45) is 11.9. The third-order valence-corrected chi connectivity index (χ3v) is 8.70. The lowest BCUT2D eigenvalue weighted by atomic mass is 9.81. The van der Waals surface area contributed by atoms with Gasteiger partial charge in [-0.15, -0.1) is 0 Å². The van der Waals surface area contributed by atoms with Crippen LogP contribution in [0.3, 0.4) is 0 Å².